The Balaban J connectivity index is 1.59. The molecule has 1 saturated heterocycles. The highest BCUT2D eigenvalue weighted by molar-refractivity contribution is 5.66. The molecule has 156 valence electrons. The van der Waals surface area contributed by atoms with Gasteiger partial charge in [0.15, 0.2) is 11.6 Å². The highest BCUT2D eigenvalue weighted by Gasteiger charge is 2.20. The molecule has 0 aliphatic carbocycles. The molecule has 2 atom stereocenters. The van der Waals surface area contributed by atoms with Crippen LogP contribution in [-0.2, 0) is 4.74 Å². The summed E-state index contributed by atoms with van der Waals surface area (Å²) in [6, 6.07) is 9.98. The lowest BCUT2D eigenvalue weighted by Gasteiger charge is -2.27. The standard InChI is InChI=1S/C24H28F2O3/c1-3-5-14-27-22-13-12-21(23(25)24(22)26)18-7-10-19(11-8-18)29-16-20-9-6-17(4-2)15-28-20/h4,7-8,10-13,17,20H,2-3,5-6,9,14-16H2,1H3. The van der Waals surface area contributed by atoms with Gasteiger partial charge in [-0.1, -0.05) is 31.6 Å². The zero-order valence-corrected chi connectivity index (χ0v) is 16.8. The third-order valence-corrected chi connectivity index (χ3v) is 5.14. The number of benzene rings is 2. The van der Waals surface area contributed by atoms with Gasteiger partial charge in [-0.15, -0.1) is 6.58 Å². The van der Waals surface area contributed by atoms with Crippen LogP contribution in [0.5, 0.6) is 11.5 Å². The smallest absolute Gasteiger partial charge is 0.201 e. The topological polar surface area (TPSA) is 27.7 Å². The second-order valence-corrected chi connectivity index (χ2v) is 7.31. The zero-order chi connectivity index (χ0) is 20.6. The molecular formula is C24H28F2O3. The van der Waals surface area contributed by atoms with Gasteiger partial charge in [-0.3, -0.25) is 0 Å². The number of hydrogen-bond acceptors (Lipinski definition) is 3. The molecule has 0 aromatic heterocycles. The predicted molar refractivity (Wildman–Crippen MR) is 110 cm³/mol. The third-order valence-electron chi connectivity index (χ3n) is 5.14. The molecule has 1 aliphatic heterocycles. The van der Waals surface area contributed by atoms with Crippen molar-refractivity contribution >= 4 is 0 Å². The average Bonchev–Trinajstić information content (AvgIpc) is 2.76. The van der Waals surface area contributed by atoms with Crippen LogP contribution in [0.4, 0.5) is 8.78 Å². The fourth-order valence-corrected chi connectivity index (χ4v) is 3.26. The van der Waals surface area contributed by atoms with Gasteiger partial charge in [0, 0.05) is 11.5 Å². The summed E-state index contributed by atoms with van der Waals surface area (Å²) in [6.07, 6.45) is 5.72. The molecule has 29 heavy (non-hydrogen) atoms. The van der Waals surface area contributed by atoms with Crippen molar-refractivity contribution in [2.75, 3.05) is 19.8 Å². The van der Waals surface area contributed by atoms with Crippen LogP contribution in [0.1, 0.15) is 32.6 Å². The van der Waals surface area contributed by atoms with Crippen molar-refractivity contribution in [2.24, 2.45) is 5.92 Å². The molecule has 2 aromatic rings. The quantitative estimate of drug-likeness (QED) is 0.371. The SMILES string of the molecule is C=CC1CCC(COc2ccc(-c3ccc(OCCCC)c(F)c3F)cc2)OC1. The van der Waals surface area contributed by atoms with Crippen molar-refractivity contribution in [3.05, 3.63) is 60.7 Å². The van der Waals surface area contributed by atoms with E-state index in [2.05, 4.69) is 6.58 Å². The fourth-order valence-electron chi connectivity index (χ4n) is 3.26. The van der Waals surface area contributed by atoms with E-state index in [1.165, 1.54) is 6.07 Å². The van der Waals surface area contributed by atoms with Crippen LogP contribution in [0.25, 0.3) is 11.1 Å². The largest absolute Gasteiger partial charge is 0.491 e. The minimum Gasteiger partial charge on any atom is -0.491 e. The van der Waals surface area contributed by atoms with Gasteiger partial charge in [0.05, 0.1) is 19.3 Å². The second-order valence-electron chi connectivity index (χ2n) is 7.31. The van der Waals surface area contributed by atoms with Crippen LogP contribution in [-0.4, -0.2) is 25.9 Å². The van der Waals surface area contributed by atoms with E-state index in [0.717, 1.165) is 25.7 Å². The Hall–Kier alpha value is -2.40. The van der Waals surface area contributed by atoms with E-state index >= 15 is 0 Å². The van der Waals surface area contributed by atoms with E-state index < -0.39 is 11.6 Å². The van der Waals surface area contributed by atoms with Gasteiger partial charge in [-0.25, -0.2) is 4.39 Å². The van der Waals surface area contributed by atoms with Crippen LogP contribution in [0.3, 0.4) is 0 Å². The molecule has 2 unspecified atom stereocenters. The maximum Gasteiger partial charge on any atom is 0.201 e. The number of unbranched alkanes of at least 4 members (excludes halogenated alkanes) is 1. The third kappa shape index (κ3) is 5.57. The number of hydrogen-bond donors (Lipinski definition) is 0. The summed E-state index contributed by atoms with van der Waals surface area (Å²) in [5.41, 5.74) is 0.777. The van der Waals surface area contributed by atoms with Gasteiger partial charge < -0.3 is 14.2 Å². The van der Waals surface area contributed by atoms with Gasteiger partial charge in [-0.2, -0.15) is 4.39 Å². The van der Waals surface area contributed by atoms with E-state index in [1.54, 1.807) is 30.3 Å². The Morgan fingerprint density at radius 1 is 1.07 bits per heavy atom. The van der Waals surface area contributed by atoms with Gasteiger partial charge >= 0.3 is 0 Å². The molecule has 2 aromatic carbocycles. The Morgan fingerprint density at radius 2 is 1.86 bits per heavy atom. The highest BCUT2D eigenvalue weighted by atomic mass is 19.2. The monoisotopic (exact) mass is 402 g/mol. The molecule has 0 N–H and O–H groups in total. The summed E-state index contributed by atoms with van der Waals surface area (Å²) in [5.74, 6) is -0.815. The van der Waals surface area contributed by atoms with Crippen LogP contribution >= 0.6 is 0 Å². The van der Waals surface area contributed by atoms with Crippen LogP contribution in [0, 0.1) is 17.6 Å². The lowest BCUT2D eigenvalue weighted by molar-refractivity contribution is -0.0274. The van der Waals surface area contributed by atoms with Crippen molar-refractivity contribution < 1.29 is 23.0 Å². The van der Waals surface area contributed by atoms with Crippen LogP contribution < -0.4 is 9.47 Å². The molecule has 3 rings (SSSR count). The maximum atomic E-state index is 14.5. The summed E-state index contributed by atoms with van der Waals surface area (Å²) in [6.45, 7) is 7.33. The molecule has 0 saturated carbocycles. The minimum atomic E-state index is -0.953. The van der Waals surface area contributed by atoms with Gasteiger partial charge in [0.25, 0.3) is 0 Å². The van der Waals surface area contributed by atoms with Crippen LogP contribution in [0.15, 0.2) is 49.1 Å². The zero-order valence-electron chi connectivity index (χ0n) is 16.8. The molecule has 0 amide bonds. The van der Waals surface area contributed by atoms with Gasteiger partial charge in [-0.05, 0) is 49.1 Å². The lowest BCUT2D eigenvalue weighted by atomic mass is 9.99. The lowest BCUT2D eigenvalue weighted by Crippen LogP contribution is -2.29. The molecule has 0 bridgehead atoms. The normalized spacial score (nSPS) is 19.0. The molecule has 0 spiro atoms. The van der Waals surface area contributed by atoms with E-state index in [-0.39, 0.29) is 17.4 Å². The molecule has 1 heterocycles. The number of halogens is 2. The summed E-state index contributed by atoms with van der Waals surface area (Å²) >= 11 is 0. The molecule has 1 fully saturated rings. The fraction of sp³-hybridized carbons (Fsp3) is 0.417. The van der Waals surface area contributed by atoms with E-state index in [4.69, 9.17) is 14.2 Å². The number of ether oxygens (including phenoxy) is 3. The Morgan fingerprint density at radius 3 is 2.52 bits per heavy atom. The van der Waals surface area contributed by atoms with Gasteiger partial charge in [0.1, 0.15) is 12.4 Å². The molecule has 3 nitrogen and oxygen atoms in total. The second kappa shape index (κ2) is 10.4. The molecule has 1 aliphatic rings. The first kappa shape index (κ1) is 21.3. The Bertz CT molecular complexity index is 797. The first-order valence-electron chi connectivity index (χ1n) is 10.2. The predicted octanol–water partition coefficient (Wildman–Crippen LogP) is 6.17. The number of rotatable bonds is 9. The van der Waals surface area contributed by atoms with Crippen molar-refractivity contribution in [3.63, 3.8) is 0 Å². The molecule has 5 heteroatoms. The summed E-state index contributed by atoms with van der Waals surface area (Å²) in [5, 5.41) is 0. The van der Waals surface area contributed by atoms with Gasteiger partial charge in [0.2, 0.25) is 5.82 Å². The highest BCUT2D eigenvalue weighted by Crippen LogP contribution is 2.31. The Kier molecular flexibility index (Phi) is 7.64. The summed E-state index contributed by atoms with van der Waals surface area (Å²) < 4.78 is 45.7. The first-order chi connectivity index (χ1) is 14.1. The Labute approximate surface area is 171 Å². The van der Waals surface area contributed by atoms with Crippen molar-refractivity contribution in [2.45, 2.75) is 38.7 Å². The van der Waals surface area contributed by atoms with Crippen molar-refractivity contribution in [1.29, 1.82) is 0 Å². The minimum absolute atomic E-state index is 0.0502. The average molecular weight is 402 g/mol. The van der Waals surface area contributed by atoms with Crippen molar-refractivity contribution in [3.8, 4) is 22.6 Å². The van der Waals surface area contributed by atoms with Crippen molar-refractivity contribution in [1.82, 2.24) is 0 Å². The van der Waals surface area contributed by atoms with E-state index in [1.807, 2.05) is 13.0 Å². The first-order valence-corrected chi connectivity index (χ1v) is 10.2. The summed E-state index contributed by atoms with van der Waals surface area (Å²) in [7, 11) is 0. The van der Waals surface area contributed by atoms with E-state index in [9.17, 15) is 8.78 Å². The maximum absolute atomic E-state index is 14.5. The van der Waals surface area contributed by atoms with E-state index in [0.29, 0.717) is 37.1 Å². The summed E-state index contributed by atoms with van der Waals surface area (Å²) in [4.78, 5) is 0. The molecular weight excluding hydrogens is 374 g/mol. The molecule has 0 radical (unpaired) electrons. The van der Waals surface area contributed by atoms with Crippen LogP contribution in [0.2, 0.25) is 0 Å².